The van der Waals surface area contributed by atoms with Gasteiger partial charge >= 0.3 is 0 Å². The Labute approximate surface area is 163 Å². The maximum absolute atomic E-state index is 14.0. The lowest BCUT2D eigenvalue weighted by Gasteiger charge is -2.11. The van der Waals surface area contributed by atoms with Crippen LogP contribution in [0.2, 0.25) is 0 Å². The van der Waals surface area contributed by atoms with Crippen molar-refractivity contribution >= 4 is 34.0 Å². The van der Waals surface area contributed by atoms with E-state index in [0.717, 1.165) is 6.07 Å². The molecule has 0 aliphatic rings. The lowest BCUT2D eigenvalue weighted by molar-refractivity contribution is 0.102. The first kappa shape index (κ1) is 18.4. The molecule has 1 amide bonds. The third kappa shape index (κ3) is 3.45. The van der Waals surface area contributed by atoms with Gasteiger partial charge in [0, 0.05) is 0 Å². The van der Waals surface area contributed by atoms with Gasteiger partial charge in [-0.25, -0.2) is 13.4 Å². The van der Waals surface area contributed by atoms with Gasteiger partial charge in [-0.1, -0.05) is 18.2 Å². The van der Waals surface area contributed by atoms with E-state index < -0.39 is 17.5 Å². The van der Waals surface area contributed by atoms with Gasteiger partial charge < -0.3 is 15.4 Å². The summed E-state index contributed by atoms with van der Waals surface area (Å²) in [6.07, 6.45) is 0. The van der Waals surface area contributed by atoms with E-state index in [9.17, 15) is 13.6 Å². The molecule has 29 heavy (non-hydrogen) atoms. The van der Waals surface area contributed by atoms with E-state index in [2.05, 4.69) is 20.9 Å². The van der Waals surface area contributed by atoms with Crippen molar-refractivity contribution in [3.05, 3.63) is 71.8 Å². The van der Waals surface area contributed by atoms with Crippen LogP contribution >= 0.6 is 0 Å². The number of amides is 1. The van der Waals surface area contributed by atoms with Gasteiger partial charge in [0.1, 0.15) is 5.75 Å². The van der Waals surface area contributed by atoms with Gasteiger partial charge in [0.05, 0.1) is 29.7 Å². The Bertz CT molecular complexity index is 1210. The molecule has 7 nitrogen and oxygen atoms in total. The van der Waals surface area contributed by atoms with E-state index in [1.54, 1.807) is 36.4 Å². The standard InChI is InChI=1S/C20H14F2N4O3/c1-28-16-8-3-2-5-11(16)20(27)24-15-10-9-14(18-19(15)26-29-25-18)23-13-7-4-6-12(21)17(13)22/h2-10,23H,1H3,(H,24,27). The maximum Gasteiger partial charge on any atom is 0.259 e. The number of fused-ring (bicyclic) bond motifs is 1. The van der Waals surface area contributed by atoms with E-state index in [1.165, 1.54) is 19.2 Å². The summed E-state index contributed by atoms with van der Waals surface area (Å²) in [7, 11) is 1.47. The summed E-state index contributed by atoms with van der Waals surface area (Å²) in [5.74, 6) is -2.00. The molecule has 0 aliphatic carbocycles. The van der Waals surface area contributed by atoms with E-state index in [0.29, 0.717) is 22.7 Å². The number of anilines is 3. The molecule has 1 heterocycles. The zero-order chi connectivity index (χ0) is 20.4. The number of nitrogens with zero attached hydrogens (tertiary/aromatic N) is 2. The normalized spacial score (nSPS) is 10.7. The minimum atomic E-state index is -1.02. The number of hydrogen-bond acceptors (Lipinski definition) is 6. The summed E-state index contributed by atoms with van der Waals surface area (Å²) in [5.41, 5.74) is 1.42. The second kappa shape index (κ2) is 7.55. The van der Waals surface area contributed by atoms with Crippen molar-refractivity contribution in [1.29, 1.82) is 0 Å². The van der Waals surface area contributed by atoms with E-state index in [4.69, 9.17) is 9.37 Å². The van der Waals surface area contributed by atoms with Crippen LogP contribution in [-0.4, -0.2) is 23.3 Å². The number of rotatable bonds is 5. The van der Waals surface area contributed by atoms with Crippen molar-refractivity contribution < 1.29 is 22.9 Å². The Kier molecular flexibility index (Phi) is 4.78. The summed E-state index contributed by atoms with van der Waals surface area (Å²) in [5, 5.41) is 13.1. The lowest BCUT2D eigenvalue weighted by Crippen LogP contribution is -2.13. The molecule has 0 aliphatic heterocycles. The molecule has 4 aromatic rings. The maximum atomic E-state index is 14.0. The molecule has 146 valence electrons. The van der Waals surface area contributed by atoms with Crippen molar-refractivity contribution in [2.24, 2.45) is 0 Å². The minimum absolute atomic E-state index is 0.0693. The fourth-order valence-corrected chi connectivity index (χ4v) is 2.84. The van der Waals surface area contributed by atoms with Gasteiger partial charge in [0.25, 0.3) is 5.91 Å². The first-order valence-electron chi connectivity index (χ1n) is 8.49. The van der Waals surface area contributed by atoms with Crippen LogP contribution in [0.15, 0.2) is 59.2 Å². The molecular formula is C20H14F2N4O3. The van der Waals surface area contributed by atoms with E-state index in [-0.39, 0.29) is 16.7 Å². The molecule has 9 heteroatoms. The third-order valence-corrected chi connectivity index (χ3v) is 4.24. The largest absolute Gasteiger partial charge is 0.496 e. The molecule has 0 fully saturated rings. The second-order valence-electron chi connectivity index (χ2n) is 6.00. The number of hydrogen-bond donors (Lipinski definition) is 2. The number of carbonyl (C=O) groups excluding carboxylic acids is 1. The molecular weight excluding hydrogens is 382 g/mol. The number of ether oxygens (including phenoxy) is 1. The molecule has 0 saturated heterocycles. The van der Waals surface area contributed by atoms with Crippen LogP contribution in [0, 0.1) is 11.6 Å². The number of benzene rings is 3. The van der Waals surface area contributed by atoms with Crippen LogP contribution in [-0.2, 0) is 0 Å². The lowest BCUT2D eigenvalue weighted by atomic mass is 10.1. The highest BCUT2D eigenvalue weighted by molar-refractivity contribution is 6.10. The molecule has 0 radical (unpaired) electrons. The Hall–Kier alpha value is -4.01. The van der Waals surface area contributed by atoms with E-state index in [1.807, 2.05) is 0 Å². The van der Waals surface area contributed by atoms with Crippen LogP contribution in [0.4, 0.5) is 25.8 Å². The highest BCUT2D eigenvalue weighted by atomic mass is 19.2. The quantitative estimate of drug-likeness (QED) is 0.516. The van der Waals surface area contributed by atoms with Gasteiger partial charge in [-0.05, 0) is 46.7 Å². The molecule has 0 spiro atoms. The summed E-state index contributed by atoms with van der Waals surface area (Å²) in [6, 6.07) is 13.6. The molecule has 1 aromatic heterocycles. The summed E-state index contributed by atoms with van der Waals surface area (Å²) < 4.78 is 37.4. The van der Waals surface area contributed by atoms with Crippen LogP contribution < -0.4 is 15.4 Å². The van der Waals surface area contributed by atoms with E-state index >= 15 is 0 Å². The third-order valence-electron chi connectivity index (χ3n) is 4.24. The summed E-state index contributed by atoms with van der Waals surface area (Å²) in [6.45, 7) is 0. The van der Waals surface area contributed by atoms with Crippen LogP contribution in [0.1, 0.15) is 10.4 Å². The predicted octanol–water partition coefficient (Wildman–Crippen LogP) is 4.51. The molecule has 0 bridgehead atoms. The molecule has 0 atom stereocenters. The zero-order valence-corrected chi connectivity index (χ0v) is 15.1. The number of aromatic nitrogens is 2. The first-order chi connectivity index (χ1) is 14.1. The predicted molar refractivity (Wildman–Crippen MR) is 102 cm³/mol. The van der Waals surface area contributed by atoms with Crippen molar-refractivity contribution in [3.8, 4) is 5.75 Å². The monoisotopic (exact) mass is 396 g/mol. The molecule has 0 saturated carbocycles. The number of carbonyl (C=O) groups is 1. The van der Waals surface area contributed by atoms with Gasteiger partial charge in [-0.2, -0.15) is 0 Å². The van der Waals surface area contributed by atoms with Crippen LogP contribution in [0.3, 0.4) is 0 Å². The Morgan fingerprint density at radius 2 is 1.66 bits per heavy atom. The highest BCUT2D eigenvalue weighted by Crippen LogP contribution is 2.31. The van der Waals surface area contributed by atoms with Crippen molar-refractivity contribution in [2.75, 3.05) is 17.7 Å². The van der Waals surface area contributed by atoms with Gasteiger partial charge in [-0.3, -0.25) is 4.79 Å². The van der Waals surface area contributed by atoms with Crippen LogP contribution in [0.25, 0.3) is 11.0 Å². The van der Waals surface area contributed by atoms with Gasteiger partial charge in [-0.15, -0.1) is 0 Å². The Balaban J connectivity index is 1.66. The van der Waals surface area contributed by atoms with Crippen LogP contribution in [0.5, 0.6) is 5.75 Å². The van der Waals surface area contributed by atoms with Crippen molar-refractivity contribution in [1.82, 2.24) is 10.3 Å². The number of para-hydroxylation sites is 1. The summed E-state index contributed by atoms with van der Waals surface area (Å²) in [4.78, 5) is 12.6. The summed E-state index contributed by atoms with van der Waals surface area (Å²) >= 11 is 0. The number of methoxy groups -OCH3 is 1. The zero-order valence-electron chi connectivity index (χ0n) is 15.1. The highest BCUT2D eigenvalue weighted by Gasteiger charge is 2.18. The fraction of sp³-hybridized carbons (Fsp3) is 0.0500. The van der Waals surface area contributed by atoms with Gasteiger partial charge in [0.15, 0.2) is 22.7 Å². The Morgan fingerprint density at radius 1 is 0.931 bits per heavy atom. The number of nitrogens with one attached hydrogen (secondary N) is 2. The average Bonchev–Trinajstić information content (AvgIpc) is 3.23. The smallest absolute Gasteiger partial charge is 0.259 e. The molecule has 4 rings (SSSR count). The molecule has 0 unspecified atom stereocenters. The Morgan fingerprint density at radius 3 is 2.45 bits per heavy atom. The first-order valence-corrected chi connectivity index (χ1v) is 8.49. The minimum Gasteiger partial charge on any atom is -0.496 e. The van der Waals surface area contributed by atoms with Gasteiger partial charge in [0.2, 0.25) is 0 Å². The SMILES string of the molecule is COc1ccccc1C(=O)Nc1ccc(Nc2cccc(F)c2F)c2nonc12. The number of halogens is 2. The molecule has 2 N–H and O–H groups in total. The molecule has 3 aromatic carbocycles. The fourth-order valence-electron chi connectivity index (χ4n) is 2.84. The topological polar surface area (TPSA) is 89.3 Å². The average molecular weight is 396 g/mol. The van der Waals surface area contributed by atoms with Crippen molar-refractivity contribution in [3.63, 3.8) is 0 Å². The van der Waals surface area contributed by atoms with Crippen molar-refractivity contribution in [2.45, 2.75) is 0 Å². The second-order valence-corrected chi connectivity index (χ2v) is 6.00.